The van der Waals surface area contributed by atoms with Crippen molar-refractivity contribution in [2.75, 3.05) is 4.90 Å². The van der Waals surface area contributed by atoms with E-state index >= 15 is 0 Å². The second-order valence-electron chi connectivity index (χ2n) is 12.4. The van der Waals surface area contributed by atoms with Crippen molar-refractivity contribution >= 4 is 71.5 Å². The summed E-state index contributed by atoms with van der Waals surface area (Å²) in [6, 6.07) is 62.1. The SMILES string of the molecule is c1ccc(-c2nc3ccc4ccc5cc(N(c6ccccc6)c6cccc7c6c6ccccc6n7-c6ccccc6)ccc5c4c3o2)cc1. The highest BCUT2D eigenvalue weighted by molar-refractivity contribution is 6.19. The van der Waals surface area contributed by atoms with E-state index in [2.05, 4.69) is 155 Å². The summed E-state index contributed by atoms with van der Waals surface area (Å²) in [6.07, 6.45) is 0. The lowest BCUT2D eigenvalue weighted by molar-refractivity contribution is 0.623. The van der Waals surface area contributed by atoms with Gasteiger partial charge in [0.15, 0.2) is 5.58 Å². The Hall–Kier alpha value is -6.65. The maximum absolute atomic E-state index is 6.50. The molecule has 0 unspecified atom stereocenters. The van der Waals surface area contributed by atoms with Crippen LogP contribution in [0.2, 0.25) is 0 Å². The van der Waals surface area contributed by atoms with Crippen LogP contribution < -0.4 is 4.90 Å². The van der Waals surface area contributed by atoms with E-state index in [0.29, 0.717) is 5.89 Å². The quantitative estimate of drug-likeness (QED) is 0.178. The third-order valence-corrected chi connectivity index (χ3v) is 9.56. The predicted octanol–water partition coefficient (Wildman–Crippen LogP) is 12.4. The molecule has 0 atom stereocenters. The van der Waals surface area contributed by atoms with Crippen LogP contribution in [0, 0.1) is 0 Å². The van der Waals surface area contributed by atoms with E-state index in [1.54, 1.807) is 0 Å². The van der Waals surface area contributed by atoms with Crippen LogP contribution in [-0.2, 0) is 0 Å². The molecule has 0 N–H and O–H groups in total. The lowest BCUT2D eigenvalue weighted by Gasteiger charge is -2.27. The molecule has 230 valence electrons. The van der Waals surface area contributed by atoms with Crippen molar-refractivity contribution in [3.8, 4) is 17.1 Å². The predicted molar refractivity (Wildman–Crippen MR) is 203 cm³/mol. The summed E-state index contributed by atoms with van der Waals surface area (Å²) < 4.78 is 8.87. The van der Waals surface area contributed by atoms with Gasteiger partial charge in [0.25, 0.3) is 0 Å². The first kappa shape index (κ1) is 27.5. The molecule has 10 rings (SSSR count). The molecule has 0 radical (unpaired) electrons. The van der Waals surface area contributed by atoms with Crippen LogP contribution in [0.4, 0.5) is 17.1 Å². The van der Waals surface area contributed by atoms with Crippen LogP contribution >= 0.6 is 0 Å². The van der Waals surface area contributed by atoms with Gasteiger partial charge in [-0.05, 0) is 89.0 Å². The summed E-state index contributed by atoms with van der Waals surface area (Å²) in [5.41, 5.74) is 9.43. The fraction of sp³-hybridized carbons (Fsp3) is 0. The Morgan fingerprint density at radius 1 is 0.490 bits per heavy atom. The molecule has 0 spiro atoms. The Labute approximate surface area is 282 Å². The number of fused-ring (bicyclic) bond motifs is 8. The molecule has 4 heteroatoms. The maximum atomic E-state index is 6.50. The largest absolute Gasteiger partial charge is 0.435 e. The standard InChI is InChI=1S/C45H29N3O/c1-4-13-31(14-5-1)45-46-38-28-25-30-23-24-32-29-35(26-27-36(32)42(30)44(38)49-45)47(33-15-6-2-7-16-33)40-21-12-22-41-43(40)37-19-10-11-20-39(37)48(41)34-17-8-3-9-18-34/h1-29H. The number of para-hydroxylation sites is 3. The van der Waals surface area contributed by atoms with Crippen LogP contribution in [0.5, 0.6) is 0 Å². The van der Waals surface area contributed by atoms with Crippen LogP contribution in [0.3, 0.4) is 0 Å². The molecule has 0 saturated carbocycles. The van der Waals surface area contributed by atoms with Crippen LogP contribution in [0.15, 0.2) is 180 Å². The Bertz CT molecular complexity index is 2820. The van der Waals surface area contributed by atoms with Crippen molar-refractivity contribution in [3.05, 3.63) is 176 Å². The van der Waals surface area contributed by atoms with Gasteiger partial charge in [0, 0.05) is 38.8 Å². The lowest BCUT2D eigenvalue weighted by Crippen LogP contribution is -2.10. The Morgan fingerprint density at radius 3 is 2.02 bits per heavy atom. The third kappa shape index (κ3) is 4.35. The van der Waals surface area contributed by atoms with Crippen molar-refractivity contribution in [3.63, 3.8) is 0 Å². The summed E-state index contributed by atoms with van der Waals surface area (Å²) in [6.45, 7) is 0. The number of benzene rings is 8. The molecular formula is C45H29N3O. The first-order chi connectivity index (χ1) is 24.3. The van der Waals surface area contributed by atoms with Gasteiger partial charge in [-0.1, -0.05) is 103 Å². The van der Waals surface area contributed by atoms with E-state index in [-0.39, 0.29) is 0 Å². The number of hydrogen-bond donors (Lipinski definition) is 0. The maximum Gasteiger partial charge on any atom is 0.227 e. The normalized spacial score (nSPS) is 11.7. The number of anilines is 3. The summed E-state index contributed by atoms with van der Waals surface area (Å²) in [5.74, 6) is 0.634. The number of hydrogen-bond acceptors (Lipinski definition) is 3. The van der Waals surface area contributed by atoms with Crippen molar-refractivity contribution in [2.45, 2.75) is 0 Å². The molecule has 0 aliphatic rings. The molecule has 2 aromatic heterocycles. The van der Waals surface area contributed by atoms with Gasteiger partial charge < -0.3 is 13.9 Å². The molecular weight excluding hydrogens is 599 g/mol. The monoisotopic (exact) mass is 627 g/mol. The molecule has 0 bridgehead atoms. The van der Waals surface area contributed by atoms with E-state index in [1.165, 1.54) is 21.8 Å². The van der Waals surface area contributed by atoms with Crippen LogP contribution in [0.1, 0.15) is 0 Å². The summed E-state index contributed by atoms with van der Waals surface area (Å²) >= 11 is 0. The molecule has 0 fully saturated rings. The topological polar surface area (TPSA) is 34.2 Å². The smallest absolute Gasteiger partial charge is 0.227 e. The zero-order chi connectivity index (χ0) is 32.3. The Balaban J connectivity index is 1.21. The average Bonchev–Trinajstić information content (AvgIpc) is 3.76. The van der Waals surface area contributed by atoms with Crippen molar-refractivity contribution in [2.24, 2.45) is 0 Å². The van der Waals surface area contributed by atoms with Gasteiger partial charge >= 0.3 is 0 Å². The summed E-state index contributed by atoms with van der Waals surface area (Å²) in [5, 5.41) is 6.90. The zero-order valence-corrected chi connectivity index (χ0v) is 26.5. The molecule has 0 amide bonds. The average molecular weight is 628 g/mol. The molecule has 4 nitrogen and oxygen atoms in total. The highest BCUT2D eigenvalue weighted by atomic mass is 16.3. The molecule has 0 aliphatic carbocycles. The lowest BCUT2D eigenvalue weighted by atomic mass is 10.00. The number of aromatic nitrogens is 2. The van der Waals surface area contributed by atoms with Crippen molar-refractivity contribution in [1.29, 1.82) is 0 Å². The van der Waals surface area contributed by atoms with Gasteiger partial charge in [0.05, 0.1) is 16.7 Å². The van der Waals surface area contributed by atoms with E-state index in [4.69, 9.17) is 9.40 Å². The Morgan fingerprint density at radius 2 is 1.18 bits per heavy atom. The second kappa shape index (κ2) is 11.0. The minimum Gasteiger partial charge on any atom is -0.435 e. The highest BCUT2D eigenvalue weighted by Gasteiger charge is 2.21. The molecule has 10 aromatic rings. The fourth-order valence-corrected chi connectivity index (χ4v) is 7.41. The van der Waals surface area contributed by atoms with Gasteiger partial charge in [0.2, 0.25) is 5.89 Å². The fourth-order valence-electron chi connectivity index (χ4n) is 7.41. The minimum atomic E-state index is 0.634. The van der Waals surface area contributed by atoms with E-state index < -0.39 is 0 Å². The Kier molecular flexibility index (Phi) is 6.15. The van der Waals surface area contributed by atoms with E-state index in [9.17, 15) is 0 Å². The molecule has 0 aliphatic heterocycles. The number of nitrogens with zero attached hydrogens (tertiary/aromatic N) is 3. The zero-order valence-electron chi connectivity index (χ0n) is 26.5. The van der Waals surface area contributed by atoms with Crippen LogP contribution in [-0.4, -0.2) is 9.55 Å². The van der Waals surface area contributed by atoms with Gasteiger partial charge in [-0.15, -0.1) is 0 Å². The van der Waals surface area contributed by atoms with Gasteiger partial charge in [-0.25, -0.2) is 4.98 Å². The van der Waals surface area contributed by atoms with E-state index in [1.807, 2.05) is 30.3 Å². The first-order valence-corrected chi connectivity index (χ1v) is 16.6. The van der Waals surface area contributed by atoms with Crippen molar-refractivity contribution in [1.82, 2.24) is 9.55 Å². The van der Waals surface area contributed by atoms with Crippen LogP contribution in [0.25, 0.3) is 71.6 Å². The molecule has 49 heavy (non-hydrogen) atoms. The summed E-state index contributed by atoms with van der Waals surface area (Å²) in [7, 11) is 0. The molecule has 2 heterocycles. The summed E-state index contributed by atoms with van der Waals surface area (Å²) in [4.78, 5) is 7.25. The number of oxazole rings is 1. The first-order valence-electron chi connectivity index (χ1n) is 16.6. The highest BCUT2D eigenvalue weighted by Crippen LogP contribution is 2.45. The number of rotatable bonds is 5. The minimum absolute atomic E-state index is 0.634. The second-order valence-corrected chi connectivity index (χ2v) is 12.4. The van der Waals surface area contributed by atoms with Gasteiger partial charge in [0.1, 0.15) is 5.52 Å². The van der Waals surface area contributed by atoms with Crippen molar-refractivity contribution < 1.29 is 4.42 Å². The van der Waals surface area contributed by atoms with E-state index in [0.717, 1.165) is 61.0 Å². The van der Waals surface area contributed by atoms with Gasteiger partial charge in [-0.2, -0.15) is 0 Å². The molecule has 8 aromatic carbocycles. The van der Waals surface area contributed by atoms with Gasteiger partial charge in [-0.3, -0.25) is 0 Å². The third-order valence-electron chi connectivity index (χ3n) is 9.56. The molecule has 0 saturated heterocycles.